The molecule has 7 nitrogen and oxygen atoms in total. The summed E-state index contributed by atoms with van der Waals surface area (Å²) in [7, 11) is 0. The fourth-order valence-electron chi connectivity index (χ4n) is 3.64. The Labute approximate surface area is 141 Å². The zero-order valence-corrected chi connectivity index (χ0v) is 15.1. The maximum absolute atomic E-state index is 10.4. The molecule has 2 aliphatic rings. The molecule has 2 fully saturated rings. The molecule has 2 saturated heterocycles. The Morgan fingerprint density at radius 2 is 1.74 bits per heavy atom. The Morgan fingerprint density at radius 3 is 2.35 bits per heavy atom. The fourth-order valence-corrected chi connectivity index (χ4v) is 4.15. The molecule has 1 aromatic rings. The quantitative estimate of drug-likeness (QED) is 0.902. The molecule has 3 heterocycles. The summed E-state index contributed by atoms with van der Waals surface area (Å²) in [5, 5.41) is 11.9. The van der Waals surface area contributed by atoms with Crippen molar-refractivity contribution >= 4 is 17.5 Å². The van der Waals surface area contributed by atoms with E-state index in [1.54, 1.807) is 0 Å². The summed E-state index contributed by atoms with van der Waals surface area (Å²) in [5.74, 6) is 1.43. The lowest BCUT2D eigenvalue weighted by molar-refractivity contribution is -0.255. The third kappa shape index (κ3) is 3.45. The van der Waals surface area contributed by atoms with Crippen LogP contribution >= 0.6 is 11.7 Å². The summed E-state index contributed by atoms with van der Waals surface area (Å²) in [6.45, 7) is 11.2. The van der Waals surface area contributed by atoms with Gasteiger partial charge in [-0.25, -0.2) is 0 Å². The molecule has 1 aromatic heterocycles. The van der Waals surface area contributed by atoms with Crippen LogP contribution in [0.3, 0.4) is 0 Å². The summed E-state index contributed by atoms with van der Waals surface area (Å²) < 4.78 is 20.4. The fraction of sp³-hybridized carbons (Fsp3) is 0.867. The van der Waals surface area contributed by atoms with Crippen LogP contribution in [0.5, 0.6) is 5.88 Å². The van der Waals surface area contributed by atoms with Gasteiger partial charge < -0.3 is 19.6 Å². The molecule has 0 bridgehead atoms. The summed E-state index contributed by atoms with van der Waals surface area (Å²) in [4.78, 5) is 2.17. The smallest absolute Gasteiger partial charge is 0.271 e. The number of nitrogens with zero attached hydrogens (tertiary/aromatic N) is 4. The summed E-state index contributed by atoms with van der Waals surface area (Å²) in [6.07, 6.45) is 1.49. The van der Waals surface area contributed by atoms with Crippen molar-refractivity contribution in [3.8, 4) is 5.88 Å². The van der Waals surface area contributed by atoms with Crippen molar-refractivity contribution in [1.82, 2.24) is 13.8 Å². The van der Waals surface area contributed by atoms with Gasteiger partial charge in [-0.1, -0.05) is 0 Å². The molecule has 0 saturated carbocycles. The van der Waals surface area contributed by atoms with Crippen LogP contribution in [0, 0.1) is 0 Å². The Kier molecular flexibility index (Phi) is 4.52. The molecule has 2 aliphatic heterocycles. The number of ether oxygens (including phenoxy) is 2. The molecule has 0 spiro atoms. The van der Waals surface area contributed by atoms with Crippen LogP contribution in [0.1, 0.15) is 40.5 Å². The number of morpholine rings is 1. The van der Waals surface area contributed by atoms with E-state index in [2.05, 4.69) is 13.6 Å². The van der Waals surface area contributed by atoms with Gasteiger partial charge in [-0.15, -0.1) is 4.37 Å². The predicted molar refractivity (Wildman–Crippen MR) is 88.4 cm³/mol. The number of hydroxylamine groups is 2. The Morgan fingerprint density at radius 1 is 1.13 bits per heavy atom. The highest BCUT2D eigenvalue weighted by atomic mass is 32.1. The molecule has 130 valence electrons. The molecule has 0 aliphatic carbocycles. The van der Waals surface area contributed by atoms with Crippen LogP contribution in [0.25, 0.3) is 0 Å². The van der Waals surface area contributed by atoms with Gasteiger partial charge in [0.1, 0.15) is 6.10 Å². The molecule has 0 unspecified atom stereocenters. The van der Waals surface area contributed by atoms with Crippen molar-refractivity contribution in [2.24, 2.45) is 0 Å². The highest BCUT2D eigenvalue weighted by Crippen LogP contribution is 2.39. The number of anilines is 1. The van der Waals surface area contributed by atoms with E-state index in [1.165, 1.54) is 16.8 Å². The van der Waals surface area contributed by atoms with Gasteiger partial charge in [-0.05, 0) is 27.7 Å². The van der Waals surface area contributed by atoms with Gasteiger partial charge in [0.05, 0.1) is 24.9 Å². The Bertz CT molecular complexity index is 525. The van der Waals surface area contributed by atoms with Crippen molar-refractivity contribution in [3.05, 3.63) is 0 Å². The molecule has 23 heavy (non-hydrogen) atoms. The number of hydrogen-bond donors (Lipinski definition) is 1. The number of aromatic nitrogens is 2. The van der Waals surface area contributed by atoms with E-state index >= 15 is 0 Å². The average molecular weight is 342 g/mol. The van der Waals surface area contributed by atoms with Crippen LogP contribution in [0.4, 0.5) is 5.82 Å². The monoisotopic (exact) mass is 342 g/mol. The van der Waals surface area contributed by atoms with Gasteiger partial charge in [0.25, 0.3) is 5.88 Å². The first-order chi connectivity index (χ1) is 10.8. The van der Waals surface area contributed by atoms with E-state index in [9.17, 15) is 5.21 Å². The van der Waals surface area contributed by atoms with Gasteiger partial charge in [0, 0.05) is 37.0 Å². The SMILES string of the molecule is CC1(C)CC(Oc2nsnc2N2CCOCC2)CC(C)(C)N1O. The van der Waals surface area contributed by atoms with Crippen molar-refractivity contribution in [1.29, 1.82) is 0 Å². The molecule has 0 radical (unpaired) electrons. The molecule has 3 rings (SSSR count). The molecule has 0 aromatic carbocycles. The zero-order valence-electron chi connectivity index (χ0n) is 14.3. The van der Waals surface area contributed by atoms with Crippen LogP contribution in [0.2, 0.25) is 0 Å². The van der Waals surface area contributed by atoms with E-state index in [4.69, 9.17) is 9.47 Å². The van der Waals surface area contributed by atoms with Gasteiger partial charge >= 0.3 is 0 Å². The second-order valence-electron chi connectivity index (χ2n) is 7.58. The van der Waals surface area contributed by atoms with Crippen LogP contribution < -0.4 is 9.64 Å². The van der Waals surface area contributed by atoms with Crippen LogP contribution in [-0.2, 0) is 4.74 Å². The summed E-state index contributed by atoms with van der Waals surface area (Å²) >= 11 is 1.18. The lowest BCUT2D eigenvalue weighted by Gasteiger charge is -2.51. The summed E-state index contributed by atoms with van der Waals surface area (Å²) in [5.41, 5.74) is -0.677. The molecular formula is C15H26N4O3S. The van der Waals surface area contributed by atoms with E-state index in [0.29, 0.717) is 19.1 Å². The third-order valence-electron chi connectivity index (χ3n) is 4.63. The minimum absolute atomic E-state index is 0.00657. The predicted octanol–water partition coefficient (Wildman–Crippen LogP) is 2.16. The van der Waals surface area contributed by atoms with Gasteiger partial charge in [0.2, 0.25) is 5.82 Å². The Hall–Kier alpha value is -0.960. The minimum atomic E-state index is -0.338. The second kappa shape index (κ2) is 6.16. The van der Waals surface area contributed by atoms with E-state index in [1.807, 2.05) is 27.7 Å². The highest BCUT2D eigenvalue weighted by molar-refractivity contribution is 6.99. The first-order valence-corrected chi connectivity index (χ1v) is 8.84. The number of piperidine rings is 1. The molecule has 0 amide bonds. The maximum Gasteiger partial charge on any atom is 0.271 e. The normalized spacial score (nSPS) is 25.5. The summed E-state index contributed by atoms with van der Waals surface area (Å²) in [6, 6.07) is 0. The van der Waals surface area contributed by atoms with Crippen molar-refractivity contribution < 1.29 is 14.7 Å². The molecular weight excluding hydrogens is 316 g/mol. The molecule has 8 heteroatoms. The third-order valence-corrected chi connectivity index (χ3v) is 5.13. The average Bonchev–Trinajstić information content (AvgIpc) is 2.93. The lowest BCUT2D eigenvalue weighted by atomic mass is 9.80. The molecule has 1 N–H and O–H groups in total. The number of hydrogen-bond acceptors (Lipinski definition) is 8. The maximum atomic E-state index is 10.4. The zero-order chi connectivity index (χ0) is 16.7. The van der Waals surface area contributed by atoms with Crippen LogP contribution in [0.15, 0.2) is 0 Å². The van der Waals surface area contributed by atoms with E-state index < -0.39 is 0 Å². The molecule has 0 atom stereocenters. The number of rotatable bonds is 3. The van der Waals surface area contributed by atoms with Crippen molar-refractivity contribution in [3.63, 3.8) is 0 Å². The lowest BCUT2D eigenvalue weighted by Crippen LogP contribution is -2.61. The van der Waals surface area contributed by atoms with Crippen LogP contribution in [-0.4, -0.2) is 62.5 Å². The highest BCUT2D eigenvalue weighted by Gasteiger charge is 2.46. The van der Waals surface area contributed by atoms with E-state index in [-0.39, 0.29) is 17.2 Å². The van der Waals surface area contributed by atoms with E-state index in [0.717, 1.165) is 31.7 Å². The Balaban J connectivity index is 1.74. The van der Waals surface area contributed by atoms with Crippen molar-refractivity contribution in [2.45, 2.75) is 57.7 Å². The first kappa shape index (κ1) is 16.9. The first-order valence-electron chi connectivity index (χ1n) is 8.11. The minimum Gasteiger partial charge on any atom is -0.471 e. The standard InChI is InChI=1S/C15H26N4O3S/c1-14(2)9-11(10-15(3,4)19(14)20)22-13-12(16-23-17-13)18-5-7-21-8-6-18/h11,20H,5-10H2,1-4H3. The van der Waals surface area contributed by atoms with Gasteiger partial charge in [0.15, 0.2) is 0 Å². The van der Waals surface area contributed by atoms with Crippen molar-refractivity contribution in [2.75, 3.05) is 31.2 Å². The second-order valence-corrected chi connectivity index (χ2v) is 8.11. The largest absolute Gasteiger partial charge is 0.471 e. The van der Waals surface area contributed by atoms with Gasteiger partial charge in [-0.2, -0.15) is 9.44 Å². The topological polar surface area (TPSA) is 71.0 Å². The van der Waals surface area contributed by atoms with Gasteiger partial charge in [-0.3, -0.25) is 0 Å².